The van der Waals surface area contributed by atoms with Crippen molar-refractivity contribution in [3.63, 3.8) is 0 Å². The third-order valence-electron chi connectivity index (χ3n) is 6.94. The zero-order valence-corrected chi connectivity index (χ0v) is 34.6. The van der Waals surface area contributed by atoms with Gasteiger partial charge >= 0.3 is 68.5 Å². The van der Waals surface area contributed by atoms with E-state index in [2.05, 4.69) is 27.7 Å². The first-order valence-electron chi connectivity index (χ1n) is 17.9. The number of aliphatic carboxylic acids is 4. The quantitative estimate of drug-likeness (QED) is 0.0880. The van der Waals surface area contributed by atoms with Gasteiger partial charge in [-0.2, -0.15) is 0 Å². The maximum atomic E-state index is 9.98. The SMILES string of the molecule is CCCCCCCCC(=O)[O-].CCCCCCCCC(=O)[O-].CCCCCCCCC(=O)[O-].CCCCCCCCC(=O)[O-].[Fe+3].[K+]. The topological polar surface area (TPSA) is 161 Å². The van der Waals surface area contributed by atoms with Crippen molar-refractivity contribution in [1.29, 1.82) is 0 Å². The average molecular weight is 724 g/mol. The van der Waals surface area contributed by atoms with Crippen molar-refractivity contribution in [2.75, 3.05) is 0 Å². The van der Waals surface area contributed by atoms with Gasteiger partial charge in [0.05, 0.1) is 0 Å². The van der Waals surface area contributed by atoms with Crippen molar-refractivity contribution in [1.82, 2.24) is 0 Å². The molecule has 0 spiro atoms. The zero-order valence-electron chi connectivity index (χ0n) is 30.4. The monoisotopic (exact) mass is 723 g/mol. The number of rotatable bonds is 28. The Morgan fingerprint density at radius 2 is 0.435 bits per heavy atom. The molecule has 269 valence electrons. The Bertz CT molecular complexity index is 517. The van der Waals surface area contributed by atoms with E-state index < -0.39 is 23.9 Å². The van der Waals surface area contributed by atoms with Crippen LogP contribution in [0.5, 0.6) is 0 Å². The van der Waals surface area contributed by atoms with Crippen LogP contribution in [0.15, 0.2) is 0 Å². The van der Waals surface area contributed by atoms with Crippen LogP contribution in [0.1, 0.15) is 207 Å². The number of carboxylic acid groups (broad SMARTS) is 4. The summed E-state index contributed by atoms with van der Waals surface area (Å²) in [5, 5.41) is 39.9. The van der Waals surface area contributed by atoms with Crippen LogP contribution < -0.4 is 71.8 Å². The van der Waals surface area contributed by atoms with Crippen molar-refractivity contribution in [3.05, 3.63) is 0 Å². The fraction of sp³-hybridized carbons (Fsp3) is 0.889. The summed E-state index contributed by atoms with van der Waals surface area (Å²) in [6.45, 7) is 8.67. The van der Waals surface area contributed by atoms with Crippen molar-refractivity contribution in [3.8, 4) is 0 Å². The number of carbonyl (C=O) groups excluding carboxylic acids is 4. The molecular formula is C36H68FeKO8. The second-order valence-corrected chi connectivity index (χ2v) is 11.6. The predicted octanol–water partition coefficient (Wildman–Crippen LogP) is 2.95. The Labute approximate surface area is 336 Å². The van der Waals surface area contributed by atoms with E-state index in [9.17, 15) is 39.6 Å². The Balaban J connectivity index is -0.000000114. The maximum absolute atomic E-state index is 9.98. The second-order valence-electron chi connectivity index (χ2n) is 11.6. The van der Waals surface area contributed by atoms with Crippen LogP contribution in [0.4, 0.5) is 0 Å². The average Bonchev–Trinajstić information content (AvgIpc) is 2.97. The molecule has 0 rings (SSSR count). The minimum atomic E-state index is -0.916. The van der Waals surface area contributed by atoms with Gasteiger partial charge in [0.2, 0.25) is 0 Å². The first-order chi connectivity index (χ1) is 21.1. The molecule has 8 nitrogen and oxygen atoms in total. The molecule has 46 heavy (non-hydrogen) atoms. The molecule has 10 heteroatoms. The normalized spacial score (nSPS) is 9.48. The van der Waals surface area contributed by atoms with E-state index in [1.54, 1.807) is 0 Å². The number of hydrogen-bond acceptors (Lipinski definition) is 8. The summed E-state index contributed by atoms with van der Waals surface area (Å²) in [6.07, 6.45) is 27.8. The molecule has 0 saturated carbocycles. The molecule has 0 aliphatic rings. The minimum absolute atomic E-state index is 0. The van der Waals surface area contributed by atoms with Gasteiger partial charge in [-0.1, -0.05) is 156 Å². The van der Waals surface area contributed by atoms with Crippen LogP contribution >= 0.6 is 0 Å². The van der Waals surface area contributed by atoms with Gasteiger partial charge < -0.3 is 39.6 Å². The predicted molar refractivity (Wildman–Crippen MR) is 172 cm³/mol. The van der Waals surface area contributed by atoms with Crippen LogP contribution in [0.3, 0.4) is 0 Å². The van der Waals surface area contributed by atoms with Gasteiger partial charge in [-0.15, -0.1) is 0 Å². The summed E-state index contributed by atoms with van der Waals surface area (Å²) in [5.41, 5.74) is 0. The van der Waals surface area contributed by atoms with Crippen LogP contribution in [0.2, 0.25) is 0 Å². The third-order valence-corrected chi connectivity index (χ3v) is 6.94. The summed E-state index contributed by atoms with van der Waals surface area (Å²) in [7, 11) is 0. The fourth-order valence-electron chi connectivity index (χ4n) is 4.20. The summed E-state index contributed by atoms with van der Waals surface area (Å²) >= 11 is 0. The van der Waals surface area contributed by atoms with Gasteiger partial charge in [0.15, 0.2) is 0 Å². The van der Waals surface area contributed by atoms with E-state index in [0.29, 0.717) is 0 Å². The summed E-state index contributed by atoms with van der Waals surface area (Å²) in [4.78, 5) is 39.9. The Morgan fingerprint density at radius 3 is 0.565 bits per heavy atom. The second kappa shape index (κ2) is 54.5. The van der Waals surface area contributed by atoms with Crippen molar-refractivity contribution in [2.45, 2.75) is 207 Å². The molecule has 0 aromatic rings. The number of hydrogen-bond donors (Lipinski definition) is 0. The number of carboxylic acids is 4. The van der Waals surface area contributed by atoms with Crippen LogP contribution in [-0.4, -0.2) is 23.9 Å². The molecule has 0 aliphatic carbocycles. The molecule has 0 bridgehead atoms. The Kier molecular flexibility index (Phi) is 69.0. The van der Waals surface area contributed by atoms with Crippen LogP contribution in [-0.2, 0) is 36.2 Å². The Hall–Kier alpha value is 0.0358. The zero-order chi connectivity index (χ0) is 34.1. The summed E-state index contributed by atoms with van der Waals surface area (Å²) in [5.74, 6) is -3.66. The largest absolute Gasteiger partial charge is 3.00 e. The molecule has 0 aromatic heterocycles. The van der Waals surface area contributed by atoms with E-state index in [1.807, 2.05) is 0 Å². The molecule has 0 aliphatic heterocycles. The van der Waals surface area contributed by atoms with Gasteiger partial charge in [-0.25, -0.2) is 0 Å². The van der Waals surface area contributed by atoms with E-state index in [1.165, 1.54) is 103 Å². The first-order valence-corrected chi connectivity index (χ1v) is 17.9. The molecule has 1 radical (unpaired) electrons. The Morgan fingerprint density at radius 1 is 0.304 bits per heavy atom. The maximum Gasteiger partial charge on any atom is 3.00 e. The van der Waals surface area contributed by atoms with Gasteiger partial charge in [0.1, 0.15) is 0 Å². The smallest absolute Gasteiger partial charge is 0.550 e. The molecular weight excluding hydrogens is 655 g/mol. The third kappa shape index (κ3) is 79.5. The summed E-state index contributed by atoms with van der Waals surface area (Å²) < 4.78 is 0. The van der Waals surface area contributed by atoms with Crippen molar-refractivity contribution >= 4 is 23.9 Å². The molecule has 0 amide bonds. The number of unbranched alkanes of at least 4 members (excludes halogenated alkanes) is 20. The molecule has 0 fully saturated rings. The molecule has 0 unspecified atom stereocenters. The van der Waals surface area contributed by atoms with E-state index in [-0.39, 0.29) is 94.1 Å². The van der Waals surface area contributed by atoms with Gasteiger partial charge in [-0.05, 0) is 51.4 Å². The minimum Gasteiger partial charge on any atom is -0.550 e. The molecule has 0 aromatic carbocycles. The summed E-state index contributed by atoms with van der Waals surface area (Å²) in [6, 6.07) is 0. The molecule has 0 heterocycles. The molecule has 0 saturated heterocycles. The van der Waals surface area contributed by atoms with Crippen molar-refractivity contribution in [2.24, 2.45) is 0 Å². The van der Waals surface area contributed by atoms with E-state index in [0.717, 1.165) is 51.4 Å². The van der Waals surface area contributed by atoms with Crippen molar-refractivity contribution < 1.29 is 108 Å². The molecule has 0 atom stereocenters. The standard InChI is InChI=1S/4C9H18O2.Fe.K/c4*1-2-3-4-5-6-7-8-9(10)11;;/h4*2-8H2,1H3,(H,10,11);;/q;;;;+3;+1/p-4. The van der Waals surface area contributed by atoms with Gasteiger partial charge in [-0.3, -0.25) is 0 Å². The number of carbonyl (C=O) groups is 4. The van der Waals surface area contributed by atoms with Crippen LogP contribution in [0.25, 0.3) is 0 Å². The van der Waals surface area contributed by atoms with Gasteiger partial charge in [0.25, 0.3) is 0 Å². The van der Waals surface area contributed by atoms with Crippen LogP contribution in [0, 0.1) is 0 Å². The van der Waals surface area contributed by atoms with Gasteiger partial charge in [0, 0.05) is 23.9 Å². The molecule has 0 N–H and O–H groups in total. The fourth-order valence-corrected chi connectivity index (χ4v) is 4.20. The van der Waals surface area contributed by atoms with E-state index in [4.69, 9.17) is 0 Å². The first kappa shape index (κ1) is 58.3. The van der Waals surface area contributed by atoms with E-state index >= 15 is 0 Å².